The van der Waals surface area contributed by atoms with Crippen LogP contribution in [0.25, 0.3) is 11.3 Å². The molecule has 0 radical (unpaired) electrons. The van der Waals surface area contributed by atoms with Gasteiger partial charge in [-0.1, -0.05) is 6.92 Å². The fraction of sp³-hybridized carbons (Fsp3) is 0.400. The van der Waals surface area contributed by atoms with Crippen molar-refractivity contribution in [2.24, 2.45) is 5.92 Å². The summed E-state index contributed by atoms with van der Waals surface area (Å²) >= 11 is 1.61. The fourth-order valence-corrected chi connectivity index (χ4v) is 3.50. The van der Waals surface area contributed by atoms with Crippen molar-refractivity contribution in [3.8, 4) is 22.8 Å². The predicted octanol–water partition coefficient (Wildman–Crippen LogP) is 3.46. The van der Waals surface area contributed by atoms with Gasteiger partial charge in [0.15, 0.2) is 5.13 Å². The number of rotatable bonds is 2. The first-order chi connectivity index (χ1) is 9.63. The molecule has 1 aliphatic heterocycles. The van der Waals surface area contributed by atoms with E-state index in [-0.39, 0.29) is 11.5 Å². The summed E-state index contributed by atoms with van der Waals surface area (Å²) < 4.78 is 0. The van der Waals surface area contributed by atoms with Crippen molar-refractivity contribution < 1.29 is 10.2 Å². The zero-order valence-corrected chi connectivity index (χ0v) is 12.2. The van der Waals surface area contributed by atoms with Gasteiger partial charge >= 0.3 is 0 Å². The van der Waals surface area contributed by atoms with Gasteiger partial charge in [-0.25, -0.2) is 4.98 Å². The third-order valence-electron chi connectivity index (χ3n) is 3.68. The Hall–Kier alpha value is -1.75. The van der Waals surface area contributed by atoms with Gasteiger partial charge < -0.3 is 15.1 Å². The topological polar surface area (TPSA) is 56.6 Å². The molecule has 2 N–H and O–H groups in total. The molecule has 1 saturated heterocycles. The zero-order chi connectivity index (χ0) is 14.1. The zero-order valence-electron chi connectivity index (χ0n) is 11.4. The summed E-state index contributed by atoms with van der Waals surface area (Å²) in [7, 11) is 0. The molecule has 0 spiro atoms. The van der Waals surface area contributed by atoms with Crippen LogP contribution in [0.1, 0.15) is 19.8 Å². The van der Waals surface area contributed by atoms with Crippen molar-refractivity contribution in [1.29, 1.82) is 0 Å². The molecule has 106 valence electrons. The first-order valence-corrected chi connectivity index (χ1v) is 7.74. The summed E-state index contributed by atoms with van der Waals surface area (Å²) in [4.78, 5) is 6.95. The molecule has 1 fully saturated rings. The normalized spacial score (nSPS) is 19.2. The molecule has 0 amide bonds. The van der Waals surface area contributed by atoms with Gasteiger partial charge in [0, 0.05) is 30.1 Å². The van der Waals surface area contributed by atoms with E-state index in [2.05, 4.69) is 16.8 Å². The van der Waals surface area contributed by atoms with Crippen LogP contribution in [-0.2, 0) is 0 Å². The van der Waals surface area contributed by atoms with Gasteiger partial charge in [-0.2, -0.15) is 0 Å². The third-order valence-corrected chi connectivity index (χ3v) is 4.58. The molecule has 0 aliphatic carbocycles. The van der Waals surface area contributed by atoms with Crippen LogP contribution in [0.2, 0.25) is 0 Å². The molecule has 20 heavy (non-hydrogen) atoms. The van der Waals surface area contributed by atoms with Gasteiger partial charge in [0.05, 0.1) is 5.69 Å². The standard InChI is InChI=1S/C15H18N2O2S/c1-10-3-2-6-17(8-10)15-16-13(9-20-15)12-5-4-11(18)7-14(12)19/h4-5,7,9-10,18-19H,2-3,6,8H2,1H3/t10-/m0/s1. The van der Waals surface area contributed by atoms with Crippen LogP contribution in [0, 0.1) is 5.92 Å². The molecule has 1 aliphatic rings. The largest absolute Gasteiger partial charge is 0.508 e. The van der Waals surface area contributed by atoms with Crippen LogP contribution in [-0.4, -0.2) is 28.3 Å². The molecular weight excluding hydrogens is 272 g/mol. The number of phenols is 2. The summed E-state index contributed by atoms with van der Waals surface area (Å²) in [5, 5.41) is 22.2. The molecule has 2 aromatic rings. The van der Waals surface area contributed by atoms with E-state index in [1.54, 1.807) is 23.5 Å². The van der Waals surface area contributed by atoms with E-state index in [0.717, 1.165) is 23.9 Å². The van der Waals surface area contributed by atoms with E-state index in [1.807, 2.05) is 5.38 Å². The smallest absolute Gasteiger partial charge is 0.185 e. The first-order valence-electron chi connectivity index (χ1n) is 6.86. The highest BCUT2D eigenvalue weighted by Gasteiger charge is 2.19. The maximum Gasteiger partial charge on any atom is 0.185 e. The number of anilines is 1. The van der Waals surface area contributed by atoms with Gasteiger partial charge in [-0.05, 0) is 30.9 Å². The molecule has 4 nitrogen and oxygen atoms in total. The Morgan fingerprint density at radius 3 is 2.95 bits per heavy atom. The maximum atomic E-state index is 9.90. The number of hydrogen-bond donors (Lipinski definition) is 2. The van der Waals surface area contributed by atoms with E-state index < -0.39 is 0 Å². The molecular formula is C15H18N2O2S. The molecule has 0 unspecified atom stereocenters. The van der Waals surface area contributed by atoms with E-state index in [9.17, 15) is 10.2 Å². The molecule has 5 heteroatoms. The summed E-state index contributed by atoms with van der Waals surface area (Å²) in [5.74, 6) is 0.832. The lowest BCUT2D eigenvalue weighted by Crippen LogP contribution is -2.34. The van der Waals surface area contributed by atoms with Crippen LogP contribution in [0.15, 0.2) is 23.6 Å². The molecule has 1 aromatic heterocycles. The Balaban J connectivity index is 1.86. The minimum absolute atomic E-state index is 0.0616. The average Bonchev–Trinajstić information content (AvgIpc) is 2.88. The third kappa shape index (κ3) is 2.58. The van der Waals surface area contributed by atoms with Crippen LogP contribution < -0.4 is 4.90 Å². The highest BCUT2D eigenvalue weighted by atomic mass is 32.1. The summed E-state index contributed by atoms with van der Waals surface area (Å²) in [6.45, 7) is 4.37. The van der Waals surface area contributed by atoms with Crippen molar-refractivity contribution in [2.75, 3.05) is 18.0 Å². The van der Waals surface area contributed by atoms with E-state index >= 15 is 0 Å². The molecule has 1 aromatic carbocycles. The number of phenolic OH excluding ortho intramolecular Hbond substituents is 2. The van der Waals surface area contributed by atoms with Gasteiger partial charge in [-0.3, -0.25) is 0 Å². The van der Waals surface area contributed by atoms with E-state index in [4.69, 9.17) is 0 Å². The van der Waals surface area contributed by atoms with Crippen molar-refractivity contribution in [1.82, 2.24) is 4.98 Å². The minimum Gasteiger partial charge on any atom is -0.508 e. The summed E-state index contributed by atoms with van der Waals surface area (Å²) in [6, 6.07) is 4.61. The van der Waals surface area contributed by atoms with Gasteiger partial charge in [-0.15, -0.1) is 11.3 Å². The second-order valence-electron chi connectivity index (χ2n) is 5.41. The van der Waals surface area contributed by atoms with Crippen molar-refractivity contribution in [3.63, 3.8) is 0 Å². The highest BCUT2D eigenvalue weighted by molar-refractivity contribution is 7.14. The predicted molar refractivity (Wildman–Crippen MR) is 81.5 cm³/mol. The molecule has 2 heterocycles. The Morgan fingerprint density at radius 2 is 2.20 bits per heavy atom. The van der Waals surface area contributed by atoms with Crippen molar-refractivity contribution in [2.45, 2.75) is 19.8 Å². The van der Waals surface area contributed by atoms with Crippen LogP contribution in [0.5, 0.6) is 11.5 Å². The summed E-state index contributed by atoms with van der Waals surface area (Å²) in [5.41, 5.74) is 1.43. The monoisotopic (exact) mass is 290 g/mol. The maximum absolute atomic E-state index is 9.90. The lowest BCUT2D eigenvalue weighted by molar-refractivity contribution is 0.446. The van der Waals surface area contributed by atoms with Crippen LogP contribution >= 0.6 is 11.3 Å². The Kier molecular flexibility index (Phi) is 3.53. The summed E-state index contributed by atoms with van der Waals surface area (Å²) in [6.07, 6.45) is 2.49. The van der Waals surface area contributed by atoms with Crippen LogP contribution in [0.4, 0.5) is 5.13 Å². The molecule has 0 bridgehead atoms. The number of aromatic hydroxyl groups is 2. The van der Waals surface area contributed by atoms with E-state index in [1.165, 1.54) is 18.9 Å². The SMILES string of the molecule is C[C@H]1CCCN(c2nc(-c3ccc(O)cc3O)cs2)C1. The molecule has 0 saturated carbocycles. The minimum atomic E-state index is 0.0616. The second-order valence-corrected chi connectivity index (χ2v) is 6.25. The van der Waals surface area contributed by atoms with Gasteiger partial charge in [0.1, 0.15) is 11.5 Å². The Bertz CT molecular complexity index is 612. The molecule has 3 rings (SSSR count). The van der Waals surface area contributed by atoms with Crippen molar-refractivity contribution in [3.05, 3.63) is 23.6 Å². The quantitative estimate of drug-likeness (QED) is 0.889. The number of piperidine rings is 1. The van der Waals surface area contributed by atoms with Gasteiger partial charge in [0.2, 0.25) is 0 Å². The number of aromatic nitrogens is 1. The number of thiazole rings is 1. The van der Waals surface area contributed by atoms with E-state index in [0.29, 0.717) is 11.5 Å². The lowest BCUT2D eigenvalue weighted by Gasteiger charge is -2.30. The number of benzene rings is 1. The fourth-order valence-electron chi connectivity index (χ4n) is 2.63. The lowest BCUT2D eigenvalue weighted by atomic mass is 10.0. The first kappa shape index (κ1) is 13.2. The highest BCUT2D eigenvalue weighted by Crippen LogP contribution is 2.35. The molecule has 1 atom stereocenters. The number of nitrogens with zero attached hydrogens (tertiary/aromatic N) is 2. The van der Waals surface area contributed by atoms with Crippen molar-refractivity contribution >= 4 is 16.5 Å². The number of hydrogen-bond acceptors (Lipinski definition) is 5. The van der Waals surface area contributed by atoms with Gasteiger partial charge in [0.25, 0.3) is 0 Å². The average molecular weight is 290 g/mol. The second kappa shape index (κ2) is 5.32. The Morgan fingerprint density at radius 1 is 1.35 bits per heavy atom. The Labute approximate surface area is 122 Å². The van der Waals surface area contributed by atoms with Crippen LogP contribution in [0.3, 0.4) is 0 Å².